The van der Waals surface area contributed by atoms with Crippen molar-refractivity contribution in [2.24, 2.45) is 0 Å². The zero-order valence-corrected chi connectivity index (χ0v) is 10.7. The molecule has 0 radical (unpaired) electrons. The lowest BCUT2D eigenvalue weighted by Crippen LogP contribution is -2.21. The number of aliphatic hydroxyl groups is 1. The Hall–Kier alpha value is -1.46. The summed E-state index contributed by atoms with van der Waals surface area (Å²) in [6.07, 6.45) is -0.149. The Kier molecular flexibility index (Phi) is 4.50. The van der Waals surface area contributed by atoms with Crippen LogP contribution in [0.15, 0.2) is 24.3 Å². The molecule has 0 amide bonds. The lowest BCUT2D eigenvalue weighted by Gasteiger charge is -2.14. The molecule has 0 spiro atoms. The first kappa shape index (κ1) is 14.0. The van der Waals surface area contributed by atoms with E-state index in [2.05, 4.69) is 4.74 Å². The summed E-state index contributed by atoms with van der Waals surface area (Å²) in [6.45, 7) is 0. The number of halogens is 1. The van der Waals surface area contributed by atoms with E-state index in [1.165, 1.54) is 19.2 Å². The molecule has 1 saturated heterocycles. The van der Waals surface area contributed by atoms with Gasteiger partial charge >= 0.3 is 5.97 Å². The maximum atomic E-state index is 12.8. The summed E-state index contributed by atoms with van der Waals surface area (Å²) in [5.74, 6) is -0.620. The van der Waals surface area contributed by atoms with E-state index in [0.717, 1.165) is 5.56 Å². The minimum absolute atomic E-state index is 0.217. The standard InChI is InChI=1S/C14H17FO4/c1-18-14(17)7-6-12-11(16)8-13(19-12)9-2-4-10(15)5-3-9/h2-5,11-13,16H,6-8H2,1H3/t11-,12+,13-/m1/s1. The second kappa shape index (κ2) is 6.12. The fourth-order valence-corrected chi connectivity index (χ4v) is 2.24. The van der Waals surface area contributed by atoms with Crippen LogP contribution in [0.2, 0.25) is 0 Å². The van der Waals surface area contributed by atoms with Crippen LogP contribution >= 0.6 is 0 Å². The minimum atomic E-state index is -0.611. The Balaban J connectivity index is 1.93. The number of carbonyl (C=O) groups is 1. The predicted molar refractivity (Wildman–Crippen MR) is 65.9 cm³/mol. The fourth-order valence-electron chi connectivity index (χ4n) is 2.24. The first-order chi connectivity index (χ1) is 9.10. The van der Waals surface area contributed by atoms with Crippen LogP contribution < -0.4 is 0 Å². The molecule has 1 heterocycles. The highest BCUT2D eigenvalue weighted by Gasteiger charge is 2.34. The SMILES string of the molecule is COC(=O)CC[C@@H]1O[C@@H](c2ccc(F)cc2)C[C@H]1O. The van der Waals surface area contributed by atoms with Gasteiger partial charge in [0.15, 0.2) is 0 Å². The maximum Gasteiger partial charge on any atom is 0.305 e. The molecular weight excluding hydrogens is 251 g/mol. The molecule has 0 aromatic heterocycles. The van der Waals surface area contributed by atoms with E-state index >= 15 is 0 Å². The maximum absolute atomic E-state index is 12.8. The van der Waals surface area contributed by atoms with Gasteiger partial charge in [-0.2, -0.15) is 0 Å². The summed E-state index contributed by atoms with van der Waals surface area (Å²) in [7, 11) is 1.33. The second-order valence-electron chi connectivity index (χ2n) is 4.63. The third-order valence-electron chi connectivity index (χ3n) is 3.33. The monoisotopic (exact) mass is 268 g/mol. The van der Waals surface area contributed by atoms with Crippen LogP contribution in [0.1, 0.15) is 30.9 Å². The summed E-state index contributed by atoms with van der Waals surface area (Å²) in [6, 6.07) is 6.03. The van der Waals surface area contributed by atoms with Gasteiger partial charge in [0.2, 0.25) is 0 Å². The zero-order valence-electron chi connectivity index (χ0n) is 10.7. The number of methoxy groups -OCH3 is 1. The van der Waals surface area contributed by atoms with Gasteiger partial charge in [0.05, 0.1) is 25.4 Å². The van der Waals surface area contributed by atoms with Gasteiger partial charge in [-0.3, -0.25) is 4.79 Å². The highest BCUT2D eigenvalue weighted by atomic mass is 19.1. The molecule has 1 aromatic rings. The van der Waals surface area contributed by atoms with Crippen LogP contribution in [-0.4, -0.2) is 30.4 Å². The van der Waals surface area contributed by atoms with Crippen molar-refractivity contribution >= 4 is 5.97 Å². The van der Waals surface area contributed by atoms with Crippen LogP contribution in [0.4, 0.5) is 4.39 Å². The van der Waals surface area contributed by atoms with Gasteiger partial charge in [0.1, 0.15) is 5.82 Å². The van der Waals surface area contributed by atoms with Crippen LogP contribution in [0, 0.1) is 5.82 Å². The van der Waals surface area contributed by atoms with E-state index in [9.17, 15) is 14.3 Å². The first-order valence-electron chi connectivity index (χ1n) is 6.26. The topological polar surface area (TPSA) is 55.8 Å². The molecule has 0 bridgehead atoms. The van der Waals surface area contributed by atoms with E-state index in [4.69, 9.17) is 4.74 Å². The predicted octanol–water partition coefficient (Wildman–Crippen LogP) is 1.97. The summed E-state index contributed by atoms with van der Waals surface area (Å²) in [5, 5.41) is 9.91. The number of esters is 1. The second-order valence-corrected chi connectivity index (χ2v) is 4.63. The molecule has 5 heteroatoms. The van der Waals surface area contributed by atoms with Crippen molar-refractivity contribution < 1.29 is 23.8 Å². The summed E-state index contributed by atoms with van der Waals surface area (Å²) in [5.41, 5.74) is 0.834. The Bertz CT molecular complexity index is 432. The number of carbonyl (C=O) groups excluding carboxylic acids is 1. The lowest BCUT2D eigenvalue weighted by atomic mass is 10.0. The molecule has 104 valence electrons. The van der Waals surface area contributed by atoms with Crippen molar-refractivity contribution in [3.8, 4) is 0 Å². The normalized spacial score (nSPS) is 26.4. The van der Waals surface area contributed by atoms with Crippen molar-refractivity contribution in [2.45, 2.75) is 37.6 Å². The molecule has 1 N–H and O–H groups in total. The van der Waals surface area contributed by atoms with E-state index in [1.54, 1.807) is 12.1 Å². The fraction of sp³-hybridized carbons (Fsp3) is 0.500. The lowest BCUT2D eigenvalue weighted by molar-refractivity contribution is -0.141. The number of rotatable bonds is 4. The van der Waals surface area contributed by atoms with Crippen molar-refractivity contribution in [2.75, 3.05) is 7.11 Å². The van der Waals surface area contributed by atoms with Crippen molar-refractivity contribution in [1.29, 1.82) is 0 Å². The molecule has 2 rings (SSSR count). The highest BCUT2D eigenvalue weighted by molar-refractivity contribution is 5.69. The number of hydrogen-bond acceptors (Lipinski definition) is 4. The molecule has 0 aliphatic carbocycles. The molecule has 1 aliphatic rings. The first-order valence-corrected chi connectivity index (χ1v) is 6.26. The van der Waals surface area contributed by atoms with E-state index < -0.39 is 6.10 Å². The van der Waals surface area contributed by atoms with Crippen LogP contribution in [0.3, 0.4) is 0 Å². The molecule has 19 heavy (non-hydrogen) atoms. The molecule has 3 atom stereocenters. The summed E-state index contributed by atoms with van der Waals surface area (Å²) in [4.78, 5) is 11.1. The molecular formula is C14H17FO4. The molecule has 1 fully saturated rings. The van der Waals surface area contributed by atoms with Gasteiger partial charge in [-0.05, 0) is 24.1 Å². The summed E-state index contributed by atoms with van der Waals surface area (Å²) < 4.78 is 23.1. The van der Waals surface area contributed by atoms with Crippen molar-refractivity contribution in [3.63, 3.8) is 0 Å². The Morgan fingerprint density at radius 2 is 2.16 bits per heavy atom. The highest BCUT2D eigenvalue weighted by Crippen LogP contribution is 2.34. The number of benzene rings is 1. The number of aliphatic hydroxyl groups excluding tert-OH is 1. The van der Waals surface area contributed by atoms with Crippen molar-refractivity contribution in [3.05, 3.63) is 35.6 Å². The van der Waals surface area contributed by atoms with Gasteiger partial charge in [-0.25, -0.2) is 4.39 Å². The minimum Gasteiger partial charge on any atom is -0.469 e. The number of ether oxygens (including phenoxy) is 2. The van der Waals surface area contributed by atoms with Gasteiger partial charge in [0.25, 0.3) is 0 Å². The van der Waals surface area contributed by atoms with Gasteiger partial charge in [-0.1, -0.05) is 12.1 Å². The third kappa shape index (κ3) is 3.52. The smallest absolute Gasteiger partial charge is 0.305 e. The van der Waals surface area contributed by atoms with Crippen LogP contribution in [0.25, 0.3) is 0 Å². The number of hydrogen-bond donors (Lipinski definition) is 1. The Labute approximate surface area is 111 Å². The van der Waals surface area contributed by atoms with Crippen molar-refractivity contribution in [1.82, 2.24) is 0 Å². The average Bonchev–Trinajstić information content (AvgIpc) is 2.78. The Morgan fingerprint density at radius 1 is 1.47 bits per heavy atom. The van der Waals surface area contributed by atoms with Crippen LogP contribution in [-0.2, 0) is 14.3 Å². The molecule has 1 aliphatic heterocycles. The Morgan fingerprint density at radius 3 is 2.79 bits per heavy atom. The molecule has 1 aromatic carbocycles. The quantitative estimate of drug-likeness (QED) is 0.848. The third-order valence-corrected chi connectivity index (χ3v) is 3.33. The van der Waals surface area contributed by atoms with Gasteiger partial charge < -0.3 is 14.6 Å². The van der Waals surface area contributed by atoms with Gasteiger partial charge in [-0.15, -0.1) is 0 Å². The van der Waals surface area contributed by atoms with Gasteiger partial charge in [0, 0.05) is 12.8 Å². The largest absolute Gasteiger partial charge is 0.469 e. The molecule has 0 unspecified atom stereocenters. The average molecular weight is 268 g/mol. The van der Waals surface area contributed by atoms with Crippen LogP contribution in [0.5, 0.6) is 0 Å². The summed E-state index contributed by atoms with van der Waals surface area (Å²) >= 11 is 0. The van der Waals surface area contributed by atoms with E-state index in [1.807, 2.05) is 0 Å². The molecule has 0 saturated carbocycles. The zero-order chi connectivity index (χ0) is 13.8. The van der Waals surface area contributed by atoms with E-state index in [-0.39, 0.29) is 30.4 Å². The van der Waals surface area contributed by atoms with E-state index in [0.29, 0.717) is 12.8 Å². The molecule has 4 nitrogen and oxygen atoms in total.